The monoisotopic (exact) mass is 377 g/mol. The summed E-state index contributed by atoms with van der Waals surface area (Å²) in [6.07, 6.45) is 2.98. The van der Waals surface area contributed by atoms with E-state index in [2.05, 4.69) is 10.3 Å². The van der Waals surface area contributed by atoms with Crippen LogP contribution >= 0.6 is 22.9 Å². The molecule has 6 nitrogen and oxygen atoms in total. The number of carbonyl (C=O) groups is 3. The molecule has 0 radical (unpaired) electrons. The van der Waals surface area contributed by atoms with Crippen molar-refractivity contribution >= 4 is 45.8 Å². The Morgan fingerprint density at radius 1 is 1.20 bits per heavy atom. The van der Waals surface area contributed by atoms with Gasteiger partial charge in [0.05, 0.1) is 0 Å². The summed E-state index contributed by atoms with van der Waals surface area (Å²) in [6.45, 7) is 0.118. The molecule has 8 heteroatoms. The molecular formula is C17H16ClN3O3S. The van der Waals surface area contributed by atoms with Gasteiger partial charge in [-0.15, -0.1) is 11.3 Å². The molecule has 3 amide bonds. The van der Waals surface area contributed by atoms with Crippen LogP contribution in [0.2, 0.25) is 5.02 Å². The number of benzene rings is 1. The Bertz CT molecular complexity index is 788. The Kier molecular flexibility index (Phi) is 5.45. The fourth-order valence-electron chi connectivity index (χ4n) is 2.52. The summed E-state index contributed by atoms with van der Waals surface area (Å²) >= 11 is 7.26. The van der Waals surface area contributed by atoms with Crippen LogP contribution in [0.4, 0.5) is 5.13 Å². The number of halogens is 1. The molecule has 0 saturated carbocycles. The molecule has 0 bridgehead atoms. The number of hydrogen-bond acceptors (Lipinski definition) is 5. The van der Waals surface area contributed by atoms with Crippen LogP contribution in [0.5, 0.6) is 0 Å². The zero-order chi connectivity index (χ0) is 17.8. The maximum absolute atomic E-state index is 12.0. The second kappa shape index (κ2) is 7.76. The number of hydrogen-bond donors (Lipinski definition) is 1. The van der Waals surface area contributed by atoms with Crippen LogP contribution in [0.15, 0.2) is 30.5 Å². The highest BCUT2D eigenvalue weighted by molar-refractivity contribution is 7.15. The topological polar surface area (TPSA) is 79.4 Å². The van der Waals surface area contributed by atoms with Crippen molar-refractivity contribution in [3.05, 3.63) is 45.9 Å². The molecule has 1 aromatic heterocycles. The molecule has 1 N–H and O–H groups in total. The molecule has 1 aromatic carbocycles. The maximum Gasteiger partial charge on any atom is 0.229 e. The van der Waals surface area contributed by atoms with Gasteiger partial charge < -0.3 is 5.32 Å². The first-order valence-electron chi connectivity index (χ1n) is 7.83. The number of likely N-dealkylation sites (tertiary alicyclic amines) is 1. The van der Waals surface area contributed by atoms with E-state index in [1.807, 2.05) is 24.3 Å². The van der Waals surface area contributed by atoms with Crippen LogP contribution in [-0.4, -0.2) is 34.2 Å². The number of aromatic nitrogens is 1. The number of amides is 3. The Morgan fingerprint density at radius 3 is 2.56 bits per heavy atom. The van der Waals surface area contributed by atoms with Crippen LogP contribution in [0.3, 0.4) is 0 Å². The third-order valence-electron chi connectivity index (χ3n) is 3.81. The quantitative estimate of drug-likeness (QED) is 0.785. The first-order chi connectivity index (χ1) is 12.0. The van der Waals surface area contributed by atoms with Crippen molar-refractivity contribution in [3.63, 3.8) is 0 Å². The third-order valence-corrected chi connectivity index (χ3v) is 4.97. The minimum Gasteiger partial charge on any atom is -0.302 e. The molecule has 0 unspecified atom stereocenters. The van der Waals surface area contributed by atoms with E-state index in [0.29, 0.717) is 16.6 Å². The lowest BCUT2D eigenvalue weighted by Gasteiger charge is -2.12. The molecule has 2 heterocycles. The van der Waals surface area contributed by atoms with Crippen molar-refractivity contribution in [2.75, 3.05) is 11.9 Å². The summed E-state index contributed by atoms with van der Waals surface area (Å²) in [7, 11) is 0. The fourth-order valence-corrected chi connectivity index (χ4v) is 3.51. The van der Waals surface area contributed by atoms with Crippen molar-refractivity contribution < 1.29 is 14.4 Å². The second-order valence-corrected chi connectivity index (χ2v) is 7.22. The standard InChI is InChI=1S/C17H16ClN3O3S/c18-12-3-1-11(2-4-12)9-13-10-19-17(25-13)20-14(22)7-8-21-15(23)5-6-16(21)24/h1-4,10H,5-9H2,(H,19,20,22). The van der Waals surface area contributed by atoms with E-state index in [-0.39, 0.29) is 43.5 Å². The van der Waals surface area contributed by atoms with Crippen LogP contribution in [0, 0.1) is 0 Å². The SMILES string of the molecule is O=C(CCN1C(=O)CCC1=O)Nc1ncc(Cc2ccc(Cl)cc2)s1. The largest absolute Gasteiger partial charge is 0.302 e. The van der Waals surface area contributed by atoms with Crippen molar-refractivity contribution in [2.45, 2.75) is 25.7 Å². The minimum absolute atomic E-state index is 0.0730. The number of rotatable bonds is 6. The summed E-state index contributed by atoms with van der Waals surface area (Å²) < 4.78 is 0. The molecule has 130 valence electrons. The van der Waals surface area contributed by atoms with Gasteiger partial charge in [0.15, 0.2) is 5.13 Å². The van der Waals surface area contributed by atoms with Gasteiger partial charge in [0.2, 0.25) is 17.7 Å². The van der Waals surface area contributed by atoms with E-state index in [9.17, 15) is 14.4 Å². The lowest BCUT2D eigenvalue weighted by Crippen LogP contribution is -2.32. The second-order valence-electron chi connectivity index (χ2n) is 5.67. The average molecular weight is 378 g/mol. The summed E-state index contributed by atoms with van der Waals surface area (Å²) in [5, 5.41) is 3.91. The number of imide groups is 1. The maximum atomic E-state index is 12.0. The molecule has 1 aliphatic heterocycles. The van der Waals surface area contributed by atoms with E-state index in [4.69, 9.17) is 11.6 Å². The van der Waals surface area contributed by atoms with E-state index in [0.717, 1.165) is 15.3 Å². The number of anilines is 1. The van der Waals surface area contributed by atoms with Crippen LogP contribution in [0.1, 0.15) is 29.7 Å². The Hall–Kier alpha value is -2.25. The van der Waals surface area contributed by atoms with Crippen molar-refractivity contribution in [1.29, 1.82) is 0 Å². The zero-order valence-electron chi connectivity index (χ0n) is 13.3. The molecule has 1 fully saturated rings. The summed E-state index contributed by atoms with van der Waals surface area (Å²) in [5.41, 5.74) is 1.11. The Balaban J connectivity index is 1.50. The van der Waals surface area contributed by atoms with Crippen LogP contribution < -0.4 is 5.32 Å². The van der Waals surface area contributed by atoms with Gasteiger partial charge in [0, 0.05) is 48.3 Å². The average Bonchev–Trinajstić information content (AvgIpc) is 3.14. The zero-order valence-corrected chi connectivity index (χ0v) is 14.9. The molecule has 3 rings (SSSR count). The summed E-state index contributed by atoms with van der Waals surface area (Å²) in [5.74, 6) is -0.686. The van der Waals surface area contributed by atoms with Gasteiger partial charge >= 0.3 is 0 Å². The van der Waals surface area contributed by atoms with Crippen LogP contribution in [0.25, 0.3) is 0 Å². The van der Waals surface area contributed by atoms with E-state index >= 15 is 0 Å². The molecule has 1 aliphatic rings. The highest BCUT2D eigenvalue weighted by atomic mass is 35.5. The lowest BCUT2D eigenvalue weighted by molar-refractivity contribution is -0.138. The number of thiazole rings is 1. The van der Waals surface area contributed by atoms with E-state index < -0.39 is 0 Å². The summed E-state index contributed by atoms with van der Waals surface area (Å²) in [4.78, 5) is 41.4. The third kappa shape index (κ3) is 4.64. The predicted molar refractivity (Wildman–Crippen MR) is 95.6 cm³/mol. The first kappa shape index (κ1) is 17.6. The smallest absolute Gasteiger partial charge is 0.229 e. The highest BCUT2D eigenvalue weighted by Gasteiger charge is 2.28. The number of nitrogens with zero attached hydrogens (tertiary/aromatic N) is 2. The molecule has 1 saturated heterocycles. The van der Waals surface area contributed by atoms with Crippen molar-refractivity contribution in [2.24, 2.45) is 0 Å². The van der Waals surface area contributed by atoms with Gasteiger partial charge in [0.1, 0.15) is 0 Å². The highest BCUT2D eigenvalue weighted by Crippen LogP contribution is 2.22. The molecular weight excluding hydrogens is 362 g/mol. The fraction of sp³-hybridized carbons (Fsp3) is 0.294. The van der Waals surface area contributed by atoms with Gasteiger partial charge in [-0.3, -0.25) is 19.3 Å². The molecule has 25 heavy (non-hydrogen) atoms. The minimum atomic E-state index is -0.264. The molecule has 0 spiro atoms. The predicted octanol–water partition coefficient (Wildman–Crippen LogP) is 2.86. The van der Waals surface area contributed by atoms with Gasteiger partial charge in [-0.2, -0.15) is 0 Å². The van der Waals surface area contributed by atoms with E-state index in [1.165, 1.54) is 11.3 Å². The molecule has 0 atom stereocenters. The van der Waals surface area contributed by atoms with E-state index in [1.54, 1.807) is 6.20 Å². The Morgan fingerprint density at radius 2 is 1.88 bits per heavy atom. The normalized spacial score (nSPS) is 14.2. The van der Waals surface area contributed by atoms with Gasteiger partial charge in [-0.25, -0.2) is 4.98 Å². The molecule has 0 aliphatic carbocycles. The lowest BCUT2D eigenvalue weighted by atomic mass is 10.1. The number of nitrogens with one attached hydrogen (secondary N) is 1. The van der Waals surface area contributed by atoms with Crippen LogP contribution in [-0.2, 0) is 20.8 Å². The summed E-state index contributed by atoms with van der Waals surface area (Å²) in [6, 6.07) is 7.57. The molecule has 2 aromatic rings. The van der Waals surface area contributed by atoms with Crippen molar-refractivity contribution in [1.82, 2.24) is 9.88 Å². The van der Waals surface area contributed by atoms with Crippen molar-refractivity contribution in [3.8, 4) is 0 Å². The van der Waals surface area contributed by atoms with Gasteiger partial charge in [-0.05, 0) is 17.7 Å². The van der Waals surface area contributed by atoms with Gasteiger partial charge in [-0.1, -0.05) is 23.7 Å². The Labute approximate surface area is 153 Å². The number of carbonyl (C=O) groups excluding carboxylic acids is 3. The van der Waals surface area contributed by atoms with Gasteiger partial charge in [0.25, 0.3) is 0 Å². The first-order valence-corrected chi connectivity index (χ1v) is 9.03.